The number of ether oxygens (including phenoxy) is 1. The summed E-state index contributed by atoms with van der Waals surface area (Å²) in [5.74, 6) is 0.502. The highest BCUT2D eigenvalue weighted by Crippen LogP contribution is 2.26. The molecule has 2 rings (SSSR count). The Kier molecular flexibility index (Phi) is 4.45. The van der Waals surface area contributed by atoms with Crippen LogP contribution in [0.1, 0.15) is 21.5 Å². The van der Waals surface area contributed by atoms with Crippen LogP contribution in [-0.4, -0.2) is 13.0 Å². The molecule has 0 bridgehead atoms. The SMILES string of the molecule is COc1ccc(C)cc1NC(=O)c1ccc(Br)c(C)c1. The summed E-state index contributed by atoms with van der Waals surface area (Å²) < 4.78 is 6.25. The van der Waals surface area contributed by atoms with Crippen LogP contribution < -0.4 is 10.1 Å². The Morgan fingerprint density at radius 3 is 2.55 bits per heavy atom. The molecule has 0 aliphatic rings. The third-order valence-corrected chi connectivity index (χ3v) is 3.91. The van der Waals surface area contributed by atoms with Crippen molar-refractivity contribution in [2.45, 2.75) is 13.8 Å². The zero-order chi connectivity index (χ0) is 14.7. The molecule has 0 saturated heterocycles. The average molecular weight is 334 g/mol. The summed E-state index contributed by atoms with van der Waals surface area (Å²) in [5, 5.41) is 2.89. The molecule has 2 aromatic rings. The Balaban J connectivity index is 2.27. The predicted molar refractivity (Wildman–Crippen MR) is 84.6 cm³/mol. The van der Waals surface area contributed by atoms with E-state index in [1.54, 1.807) is 13.2 Å². The maximum absolute atomic E-state index is 12.3. The smallest absolute Gasteiger partial charge is 0.255 e. The Labute approximate surface area is 127 Å². The molecule has 3 nitrogen and oxygen atoms in total. The number of halogens is 1. The van der Waals surface area contributed by atoms with Gasteiger partial charge in [0, 0.05) is 10.0 Å². The van der Waals surface area contributed by atoms with Crippen LogP contribution in [0.5, 0.6) is 5.75 Å². The molecule has 0 aliphatic heterocycles. The Hall–Kier alpha value is -1.81. The molecule has 0 heterocycles. The largest absolute Gasteiger partial charge is 0.495 e. The van der Waals surface area contributed by atoms with E-state index >= 15 is 0 Å². The standard InChI is InChI=1S/C16H16BrNO2/c1-10-4-7-15(20-3)14(8-10)18-16(19)12-5-6-13(17)11(2)9-12/h4-9H,1-3H3,(H,18,19). The molecule has 1 N–H and O–H groups in total. The molecule has 0 atom stereocenters. The third-order valence-electron chi connectivity index (χ3n) is 3.02. The van der Waals surface area contributed by atoms with Crippen molar-refractivity contribution < 1.29 is 9.53 Å². The van der Waals surface area contributed by atoms with Crippen LogP contribution >= 0.6 is 15.9 Å². The highest BCUT2D eigenvalue weighted by molar-refractivity contribution is 9.10. The summed E-state index contributed by atoms with van der Waals surface area (Å²) in [5.41, 5.74) is 3.38. The highest BCUT2D eigenvalue weighted by atomic mass is 79.9. The van der Waals surface area contributed by atoms with E-state index in [4.69, 9.17) is 4.74 Å². The van der Waals surface area contributed by atoms with Crippen molar-refractivity contribution in [3.63, 3.8) is 0 Å². The lowest BCUT2D eigenvalue weighted by molar-refractivity contribution is 0.102. The molecule has 0 spiro atoms. The summed E-state index contributed by atoms with van der Waals surface area (Å²) in [6.07, 6.45) is 0. The number of nitrogens with one attached hydrogen (secondary N) is 1. The monoisotopic (exact) mass is 333 g/mol. The molecular formula is C16H16BrNO2. The molecule has 0 unspecified atom stereocenters. The van der Waals surface area contributed by atoms with Gasteiger partial charge in [0.1, 0.15) is 5.75 Å². The van der Waals surface area contributed by atoms with E-state index < -0.39 is 0 Å². The van der Waals surface area contributed by atoms with Crippen LogP contribution in [0.3, 0.4) is 0 Å². The summed E-state index contributed by atoms with van der Waals surface area (Å²) in [7, 11) is 1.59. The van der Waals surface area contributed by atoms with Crippen LogP contribution in [0.25, 0.3) is 0 Å². The molecule has 2 aromatic carbocycles. The first kappa shape index (κ1) is 14.6. The van der Waals surface area contributed by atoms with Crippen molar-refractivity contribution in [1.82, 2.24) is 0 Å². The van der Waals surface area contributed by atoms with E-state index in [0.717, 1.165) is 15.6 Å². The highest BCUT2D eigenvalue weighted by Gasteiger charge is 2.10. The number of carbonyl (C=O) groups excluding carboxylic acids is 1. The zero-order valence-corrected chi connectivity index (χ0v) is 13.2. The molecular weight excluding hydrogens is 318 g/mol. The lowest BCUT2D eigenvalue weighted by Crippen LogP contribution is -2.13. The number of hydrogen-bond acceptors (Lipinski definition) is 2. The first-order chi connectivity index (χ1) is 9.51. The number of benzene rings is 2. The molecule has 0 aromatic heterocycles. The van der Waals surface area contributed by atoms with Gasteiger partial charge in [0.15, 0.2) is 0 Å². The van der Waals surface area contributed by atoms with Gasteiger partial charge in [-0.1, -0.05) is 22.0 Å². The number of anilines is 1. The fraction of sp³-hybridized carbons (Fsp3) is 0.188. The summed E-state index contributed by atoms with van der Waals surface area (Å²) >= 11 is 3.43. The van der Waals surface area contributed by atoms with Gasteiger partial charge in [-0.3, -0.25) is 4.79 Å². The van der Waals surface area contributed by atoms with Crippen molar-refractivity contribution in [2.24, 2.45) is 0 Å². The minimum Gasteiger partial charge on any atom is -0.495 e. The number of rotatable bonds is 3. The van der Waals surface area contributed by atoms with Gasteiger partial charge >= 0.3 is 0 Å². The van der Waals surface area contributed by atoms with Crippen molar-refractivity contribution in [2.75, 3.05) is 12.4 Å². The molecule has 4 heteroatoms. The van der Waals surface area contributed by atoms with Gasteiger partial charge in [0.05, 0.1) is 12.8 Å². The van der Waals surface area contributed by atoms with Crippen LogP contribution in [0.15, 0.2) is 40.9 Å². The molecule has 104 valence electrons. The van der Waals surface area contributed by atoms with Gasteiger partial charge in [-0.25, -0.2) is 0 Å². The molecule has 0 saturated carbocycles. The molecule has 20 heavy (non-hydrogen) atoms. The van der Waals surface area contributed by atoms with E-state index in [2.05, 4.69) is 21.2 Å². The van der Waals surface area contributed by atoms with Crippen LogP contribution in [0.4, 0.5) is 5.69 Å². The van der Waals surface area contributed by atoms with Crippen molar-refractivity contribution >= 4 is 27.5 Å². The van der Waals surface area contributed by atoms with Crippen LogP contribution in [-0.2, 0) is 0 Å². The minimum absolute atomic E-state index is 0.149. The van der Waals surface area contributed by atoms with Crippen molar-refractivity contribution in [3.05, 3.63) is 57.6 Å². The number of carbonyl (C=O) groups is 1. The molecule has 0 aliphatic carbocycles. The van der Waals surface area contributed by atoms with Crippen molar-refractivity contribution in [3.8, 4) is 5.75 Å². The summed E-state index contributed by atoms with van der Waals surface area (Å²) in [4.78, 5) is 12.3. The van der Waals surface area contributed by atoms with E-state index in [1.807, 2.05) is 44.2 Å². The van der Waals surface area contributed by atoms with Gasteiger partial charge in [0.25, 0.3) is 5.91 Å². The first-order valence-corrected chi connectivity index (χ1v) is 7.02. The predicted octanol–water partition coefficient (Wildman–Crippen LogP) is 4.33. The topological polar surface area (TPSA) is 38.3 Å². The summed E-state index contributed by atoms with van der Waals surface area (Å²) in [6.45, 7) is 3.92. The van der Waals surface area contributed by atoms with Crippen LogP contribution in [0.2, 0.25) is 0 Å². The summed E-state index contributed by atoms with van der Waals surface area (Å²) in [6, 6.07) is 11.2. The second-order valence-corrected chi connectivity index (χ2v) is 5.48. The van der Waals surface area contributed by atoms with Crippen LogP contribution in [0, 0.1) is 13.8 Å². The molecule has 1 amide bonds. The number of amides is 1. The van der Waals surface area contributed by atoms with Gasteiger partial charge in [0.2, 0.25) is 0 Å². The van der Waals surface area contributed by atoms with Crippen molar-refractivity contribution in [1.29, 1.82) is 0 Å². The van der Waals surface area contributed by atoms with Gasteiger partial charge in [-0.15, -0.1) is 0 Å². The number of aryl methyl sites for hydroxylation is 2. The van der Waals surface area contributed by atoms with E-state index in [0.29, 0.717) is 17.0 Å². The average Bonchev–Trinajstić information content (AvgIpc) is 2.42. The third kappa shape index (κ3) is 3.20. The second-order valence-electron chi connectivity index (χ2n) is 4.62. The van der Waals surface area contributed by atoms with E-state index in [9.17, 15) is 4.79 Å². The minimum atomic E-state index is -0.149. The Morgan fingerprint density at radius 1 is 1.15 bits per heavy atom. The lowest BCUT2D eigenvalue weighted by atomic mass is 10.1. The van der Waals surface area contributed by atoms with Gasteiger partial charge in [-0.2, -0.15) is 0 Å². The van der Waals surface area contributed by atoms with Gasteiger partial charge in [-0.05, 0) is 55.3 Å². The second kappa shape index (κ2) is 6.09. The molecule has 0 fully saturated rings. The number of methoxy groups -OCH3 is 1. The Bertz CT molecular complexity index is 653. The zero-order valence-electron chi connectivity index (χ0n) is 11.7. The van der Waals surface area contributed by atoms with E-state index in [-0.39, 0.29) is 5.91 Å². The normalized spacial score (nSPS) is 10.2. The van der Waals surface area contributed by atoms with E-state index in [1.165, 1.54) is 0 Å². The maximum Gasteiger partial charge on any atom is 0.255 e. The fourth-order valence-corrected chi connectivity index (χ4v) is 2.15. The quantitative estimate of drug-likeness (QED) is 0.907. The number of hydrogen-bond donors (Lipinski definition) is 1. The Morgan fingerprint density at radius 2 is 1.90 bits per heavy atom. The first-order valence-electron chi connectivity index (χ1n) is 6.23. The lowest BCUT2D eigenvalue weighted by Gasteiger charge is -2.11. The van der Waals surface area contributed by atoms with Gasteiger partial charge < -0.3 is 10.1 Å². The molecule has 0 radical (unpaired) electrons. The fourth-order valence-electron chi connectivity index (χ4n) is 1.90. The maximum atomic E-state index is 12.3.